The van der Waals surface area contributed by atoms with E-state index in [0.29, 0.717) is 5.92 Å². The van der Waals surface area contributed by atoms with Crippen LogP contribution in [0, 0.1) is 11.8 Å². The fourth-order valence-electron chi connectivity index (χ4n) is 1.00. The van der Waals surface area contributed by atoms with Crippen molar-refractivity contribution in [2.75, 3.05) is 0 Å². The first-order valence-electron chi connectivity index (χ1n) is 3.94. The summed E-state index contributed by atoms with van der Waals surface area (Å²) in [6, 6.07) is 0. The van der Waals surface area contributed by atoms with E-state index in [0.717, 1.165) is 6.42 Å². The molecule has 0 N–H and O–H groups in total. The predicted molar refractivity (Wildman–Crippen MR) is 47.3 cm³/mol. The molecule has 0 heterocycles. The van der Waals surface area contributed by atoms with E-state index in [1.165, 1.54) is 0 Å². The summed E-state index contributed by atoms with van der Waals surface area (Å²) < 4.78 is 0. The molecule has 0 saturated heterocycles. The van der Waals surface area contributed by atoms with Gasteiger partial charge in [0.25, 0.3) is 0 Å². The van der Waals surface area contributed by atoms with Crippen LogP contribution >= 0.6 is 0 Å². The van der Waals surface area contributed by atoms with Gasteiger partial charge >= 0.3 is 0 Å². The summed E-state index contributed by atoms with van der Waals surface area (Å²) in [4.78, 5) is 11.0. The molecular formula is C10H16O. The van der Waals surface area contributed by atoms with Crippen LogP contribution in [0.4, 0.5) is 0 Å². The molecule has 1 nitrogen and oxygen atoms in total. The molecule has 0 aromatic rings. The van der Waals surface area contributed by atoms with Gasteiger partial charge in [0.05, 0.1) is 0 Å². The second kappa shape index (κ2) is 4.92. The fraction of sp³-hybridized carbons (Fsp3) is 0.600. The molecule has 0 aliphatic carbocycles. The van der Waals surface area contributed by atoms with Crippen molar-refractivity contribution < 1.29 is 4.79 Å². The summed E-state index contributed by atoms with van der Waals surface area (Å²) in [7, 11) is 0. The van der Waals surface area contributed by atoms with E-state index in [2.05, 4.69) is 26.2 Å². The second-order valence-corrected chi connectivity index (χ2v) is 3.22. The molecule has 0 aliphatic heterocycles. The standard InChI is InChI=1S/C10H16O/c1-5-6-10(9(4)11)7-8(2)3/h6,8,10H,1,7H2,2-4H3. The van der Waals surface area contributed by atoms with Crippen molar-refractivity contribution in [3.05, 3.63) is 18.4 Å². The van der Waals surface area contributed by atoms with Gasteiger partial charge in [-0.25, -0.2) is 0 Å². The van der Waals surface area contributed by atoms with E-state index < -0.39 is 0 Å². The highest BCUT2D eigenvalue weighted by molar-refractivity contribution is 5.79. The molecule has 0 amide bonds. The van der Waals surface area contributed by atoms with Crippen molar-refractivity contribution >= 4 is 5.78 Å². The SMILES string of the molecule is C=C=CC(CC(C)C)C(C)=O. The molecule has 0 radical (unpaired) electrons. The Bertz CT molecular complexity index is 171. The van der Waals surface area contributed by atoms with Gasteiger partial charge in [-0.3, -0.25) is 4.79 Å². The van der Waals surface area contributed by atoms with E-state index in [4.69, 9.17) is 0 Å². The molecule has 0 aliphatic rings. The monoisotopic (exact) mass is 152 g/mol. The van der Waals surface area contributed by atoms with Crippen LogP contribution < -0.4 is 0 Å². The highest BCUT2D eigenvalue weighted by atomic mass is 16.1. The van der Waals surface area contributed by atoms with E-state index >= 15 is 0 Å². The molecule has 62 valence electrons. The first kappa shape index (κ1) is 10.2. The molecule has 1 atom stereocenters. The van der Waals surface area contributed by atoms with Crippen LogP contribution in [-0.2, 0) is 4.79 Å². The van der Waals surface area contributed by atoms with Gasteiger partial charge in [0.2, 0.25) is 0 Å². The Balaban J connectivity index is 4.11. The van der Waals surface area contributed by atoms with Crippen LogP contribution in [0.2, 0.25) is 0 Å². The van der Waals surface area contributed by atoms with Crippen LogP contribution in [0.5, 0.6) is 0 Å². The fourth-order valence-corrected chi connectivity index (χ4v) is 1.00. The number of carbonyl (C=O) groups is 1. The normalized spacial score (nSPS) is 12.4. The van der Waals surface area contributed by atoms with E-state index in [-0.39, 0.29) is 11.7 Å². The first-order chi connectivity index (χ1) is 5.07. The molecular weight excluding hydrogens is 136 g/mol. The Morgan fingerprint density at radius 2 is 2.18 bits per heavy atom. The molecule has 1 heteroatoms. The lowest BCUT2D eigenvalue weighted by atomic mass is 9.94. The Kier molecular flexibility index (Phi) is 4.56. The highest BCUT2D eigenvalue weighted by Gasteiger charge is 2.11. The van der Waals surface area contributed by atoms with Gasteiger partial charge in [0.1, 0.15) is 5.78 Å². The number of ketones is 1. The molecule has 0 spiro atoms. The van der Waals surface area contributed by atoms with Crippen molar-refractivity contribution in [1.29, 1.82) is 0 Å². The van der Waals surface area contributed by atoms with Crippen molar-refractivity contribution in [2.24, 2.45) is 11.8 Å². The van der Waals surface area contributed by atoms with Gasteiger partial charge in [-0.15, -0.1) is 5.73 Å². The van der Waals surface area contributed by atoms with Crippen LogP contribution in [0.3, 0.4) is 0 Å². The van der Waals surface area contributed by atoms with Crippen molar-refractivity contribution in [3.8, 4) is 0 Å². The maximum absolute atomic E-state index is 11.0. The smallest absolute Gasteiger partial charge is 0.137 e. The number of allylic oxidation sites excluding steroid dienone is 1. The third kappa shape index (κ3) is 4.58. The maximum atomic E-state index is 11.0. The summed E-state index contributed by atoms with van der Waals surface area (Å²) in [5.74, 6) is 0.774. The molecule has 0 aromatic carbocycles. The van der Waals surface area contributed by atoms with E-state index in [1.807, 2.05) is 0 Å². The van der Waals surface area contributed by atoms with Gasteiger partial charge in [0.15, 0.2) is 0 Å². The molecule has 0 saturated carbocycles. The molecule has 11 heavy (non-hydrogen) atoms. The van der Waals surface area contributed by atoms with Gasteiger partial charge in [-0.1, -0.05) is 20.4 Å². The second-order valence-electron chi connectivity index (χ2n) is 3.22. The first-order valence-corrected chi connectivity index (χ1v) is 3.94. The van der Waals surface area contributed by atoms with Crippen LogP contribution in [-0.4, -0.2) is 5.78 Å². The zero-order valence-electron chi connectivity index (χ0n) is 7.55. The lowest BCUT2D eigenvalue weighted by molar-refractivity contribution is -0.119. The number of Topliss-reactive ketones (excluding diaryl/α,β-unsaturated/α-hetero) is 1. The summed E-state index contributed by atoms with van der Waals surface area (Å²) in [5, 5.41) is 0. The average molecular weight is 152 g/mol. The van der Waals surface area contributed by atoms with Crippen LogP contribution in [0.25, 0.3) is 0 Å². The number of rotatable bonds is 4. The number of hydrogen-bond donors (Lipinski definition) is 0. The third-order valence-electron chi connectivity index (χ3n) is 1.57. The van der Waals surface area contributed by atoms with Crippen molar-refractivity contribution in [3.63, 3.8) is 0 Å². The van der Waals surface area contributed by atoms with Crippen molar-refractivity contribution in [2.45, 2.75) is 27.2 Å². The molecule has 0 rings (SSSR count). The Morgan fingerprint density at radius 1 is 1.64 bits per heavy atom. The van der Waals surface area contributed by atoms with E-state index in [1.54, 1.807) is 13.0 Å². The van der Waals surface area contributed by atoms with Crippen molar-refractivity contribution in [1.82, 2.24) is 0 Å². The topological polar surface area (TPSA) is 17.1 Å². The lowest BCUT2D eigenvalue weighted by Crippen LogP contribution is -2.10. The molecule has 1 unspecified atom stereocenters. The molecule has 0 bridgehead atoms. The molecule has 0 fully saturated rings. The van der Waals surface area contributed by atoms with Crippen LogP contribution in [0.1, 0.15) is 27.2 Å². The lowest BCUT2D eigenvalue weighted by Gasteiger charge is -2.09. The zero-order valence-corrected chi connectivity index (χ0v) is 7.55. The summed E-state index contributed by atoms with van der Waals surface area (Å²) >= 11 is 0. The summed E-state index contributed by atoms with van der Waals surface area (Å²) in [5.41, 5.74) is 2.66. The summed E-state index contributed by atoms with van der Waals surface area (Å²) in [6.45, 7) is 9.28. The van der Waals surface area contributed by atoms with E-state index in [9.17, 15) is 4.79 Å². The summed E-state index contributed by atoms with van der Waals surface area (Å²) in [6.07, 6.45) is 2.65. The Labute approximate surface area is 68.8 Å². The zero-order chi connectivity index (χ0) is 8.85. The van der Waals surface area contributed by atoms with Gasteiger partial charge in [-0.2, -0.15) is 0 Å². The number of carbonyl (C=O) groups excluding carboxylic acids is 1. The quantitative estimate of drug-likeness (QED) is 0.566. The third-order valence-corrected chi connectivity index (χ3v) is 1.57. The molecule has 0 aromatic heterocycles. The average Bonchev–Trinajstić information content (AvgIpc) is 1.86. The minimum Gasteiger partial charge on any atom is -0.299 e. The largest absolute Gasteiger partial charge is 0.299 e. The maximum Gasteiger partial charge on any atom is 0.137 e. The van der Waals surface area contributed by atoms with Gasteiger partial charge < -0.3 is 0 Å². The van der Waals surface area contributed by atoms with Crippen LogP contribution in [0.15, 0.2) is 18.4 Å². The minimum atomic E-state index is 0.0208. The number of hydrogen-bond acceptors (Lipinski definition) is 1. The predicted octanol–water partition coefficient (Wildman–Crippen LogP) is 2.58. The Hall–Kier alpha value is -0.810. The highest BCUT2D eigenvalue weighted by Crippen LogP contribution is 2.13. The Morgan fingerprint density at radius 3 is 2.45 bits per heavy atom. The van der Waals surface area contributed by atoms with Gasteiger partial charge in [-0.05, 0) is 25.3 Å². The minimum absolute atomic E-state index is 0.0208. The van der Waals surface area contributed by atoms with Gasteiger partial charge in [0, 0.05) is 5.92 Å².